The average Bonchev–Trinajstić information content (AvgIpc) is 2.03. The minimum atomic E-state index is -0.336. The molecule has 66 valence electrons. The number of nitrogens with zero attached hydrogens (tertiary/aromatic N) is 2. The largest absolute Gasteiger partial charge is 0.383 e. The van der Waals surface area contributed by atoms with Gasteiger partial charge in [0.1, 0.15) is 5.82 Å². The van der Waals surface area contributed by atoms with Gasteiger partial charge in [-0.25, -0.2) is 4.79 Å². The molecule has 1 aromatic rings. The van der Waals surface area contributed by atoms with E-state index in [0.29, 0.717) is 0 Å². The first-order valence-electron chi connectivity index (χ1n) is 3.67. The van der Waals surface area contributed by atoms with Crippen molar-refractivity contribution in [3.63, 3.8) is 0 Å². The monoisotopic (exact) mass is 168 g/mol. The summed E-state index contributed by atoms with van der Waals surface area (Å²) in [6.45, 7) is 1.86. The Balaban J connectivity index is 3.10. The topological polar surface area (TPSA) is 72.9 Å². The highest BCUT2D eigenvalue weighted by atomic mass is 16.1. The molecular formula is C7H12N4O. The number of hydrogen-bond donors (Lipinski definition) is 2. The molecule has 1 heterocycles. The molecule has 0 aliphatic heterocycles. The van der Waals surface area contributed by atoms with Crippen LogP contribution in [-0.4, -0.2) is 16.6 Å². The van der Waals surface area contributed by atoms with E-state index in [0.717, 1.165) is 0 Å². The molecular weight excluding hydrogens is 156 g/mol. The van der Waals surface area contributed by atoms with Crippen molar-refractivity contribution in [2.24, 2.45) is 0 Å². The van der Waals surface area contributed by atoms with E-state index in [-0.39, 0.29) is 17.7 Å². The Morgan fingerprint density at radius 1 is 1.75 bits per heavy atom. The van der Waals surface area contributed by atoms with Gasteiger partial charge in [-0.2, -0.15) is 4.98 Å². The highest BCUT2D eigenvalue weighted by Crippen LogP contribution is 1.96. The normalized spacial score (nSPS) is 12.8. The summed E-state index contributed by atoms with van der Waals surface area (Å²) in [5, 5.41) is 2.92. The molecule has 1 rings (SSSR count). The molecule has 1 aromatic heterocycles. The van der Waals surface area contributed by atoms with E-state index in [1.807, 2.05) is 6.92 Å². The van der Waals surface area contributed by atoms with E-state index in [4.69, 9.17) is 5.73 Å². The van der Waals surface area contributed by atoms with E-state index in [2.05, 4.69) is 10.3 Å². The zero-order chi connectivity index (χ0) is 9.14. The number of hydrogen-bond acceptors (Lipinski definition) is 4. The van der Waals surface area contributed by atoms with Crippen molar-refractivity contribution in [1.82, 2.24) is 14.9 Å². The zero-order valence-electron chi connectivity index (χ0n) is 7.11. The quantitative estimate of drug-likeness (QED) is 0.628. The average molecular weight is 168 g/mol. The Labute approximate surface area is 70.2 Å². The molecule has 0 radical (unpaired) electrons. The Hall–Kier alpha value is -1.36. The molecule has 0 fully saturated rings. The van der Waals surface area contributed by atoms with Gasteiger partial charge < -0.3 is 11.1 Å². The molecule has 0 amide bonds. The molecule has 0 bridgehead atoms. The minimum Gasteiger partial charge on any atom is -0.383 e. The van der Waals surface area contributed by atoms with Gasteiger partial charge in [-0.05, 0) is 20.0 Å². The lowest BCUT2D eigenvalue weighted by Gasteiger charge is -2.12. The number of rotatable bonds is 2. The lowest BCUT2D eigenvalue weighted by Crippen LogP contribution is -2.31. The second-order valence-corrected chi connectivity index (χ2v) is 2.51. The Morgan fingerprint density at radius 3 is 2.92 bits per heavy atom. The maximum absolute atomic E-state index is 11.2. The van der Waals surface area contributed by atoms with Gasteiger partial charge in [0.05, 0.1) is 6.17 Å². The van der Waals surface area contributed by atoms with E-state index >= 15 is 0 Å². The highest BCUT2D eigenvalue weighted by Gasteiger charge is 2.02. The molecule has 3 N–H and O–H groups in total. The van der Waals surface area contributed by atoms with E-state index in [9.17, 15) is 4.79 Å². The number of nitrogens with two attached hydrogens (primary N) is 1. The Bertz CT molecular complexity index is 319. The third kappa shape index (κ3) is 1.62. The van der Waals surface area contributed by atoms with Crippen LogP contribution in [0.3, 0.4) is 0 Å². The van der Waals surface area contributed by atoms with E-state index < -0.39 is 0 Å². The smallest absolute Gasteiger partial charge is 0.350 e. The Kier molecular flexibility index (Phi) is 2.44. The first-order chi connectivity index (χ1) is 5.65. The first-order valence-corrected chi connectivity index (χ1v) is 3.67. The highest BCUT2D eigenvalue weighted by molar-refractivity contribution is 5.23. The fraction of sp³-hybridized carbons (Fsp3) is 0.429. The fourth-order valence-corrected chi connectivity index (χ4v) is 0.860. The summed E-state index contributed by atoms with van der Waals surface area (Å²) in [7, 11) is 1.77. The van der Waals surface area contributed by atoms with Crippen LogP contribution in [0.5, 0.6) is 0 Å². The second-order valence-electron chi connectivity index (χ2n) is 2.51. The van der Waals surface area contributed by atoms with Crippen LogP contribution in [0.15, 0.2) is 17.1 Å². The number of nitrogens with one attached hydrogen (secondary N) is 1. The van der Waals surface area contributed by atoms with Crippen molar-refractivity contribution in [3.8, 4) is 0 Å². The lowest BCUT2D eigenvalue weighted by molar-refractivity contribution is 0.456. The van der Waals surface area contributed by atoms with Crippen LogP contribution in [0.25, 0.3) is 0 Å². The molecule has 0 saturated heterocycles. The number of nitrogen functional groups attached to an aromatic ring is 1. The second kappa shape index (κ2) is 3.36. The van der Waals surface area contributed by atoms with Crippen LogP contribution in [-0.2, 0) is 0 Å². The lowest BCUT2D eigenvalue weighted by atomic mass is 10.5. The summed E-state index contributed by atoms with van der Waals surface area (Å²) < 4.78 is 1.47. The van der Waals surface area contributed by atoms with Crippen LogP contribution in [0.2, 0.25) is 0 Å². The third-order valence-electron chi connectivity index (χ3n) is 1.69. The summed E-state index contributed by atoms with van der Waals surface area (Å²) in [6, 6.07) is 1.59. The minimum absolute atomic E-state index is 0.0643. The van der Waals surface area contributed by atoms with Crippen molar-refractivity contribution in [1.29, 1.82) is 0 Å². The van der Waals surface area contributed by atoms with Gasteiger partial charge in [-0.15, -0.1) is 0 Å². The summed E-state index contributed by atoms with van der Waals surface area (Å²) >= 11 is 0. The van der Waals surface area contributed by atoms with Gasteiger partial charge in [0.2, 0.25) is 0 Å². The predicted octanol–water partition coefficient (Wildman–Crippen LogP) is -0.437. The van der Waals surface area contributed by atoms with Crippen LogP contribution >= 0.6 is 0 Å². The molecule has 12 heavy (non-hydrogen) atoms. The molecule has 0 aliphatic rings. The van der Waals surface area contributed by atoms with Crippen LogP contribution in [0, 0.1) is 0 Å². The summed E-state index contributed by atoms with van der Waals surface area (Å²) in [5.74, 6) is 0.250. The van der Waals surface area contributed by atoms with E-state index in [1.165, 1.54) is 4.57 Å². The summed E-state index contributed by atoms with van der Waals surface area (Å²) in [6.07, 6.45) is 1.55. The van der Waals surface area contributed by atoms with Gasteiger partial charge in [-0.3, -0.25) is 4.57 Å². The van der Waals surface area contributed by atoms with Crippen molar-refractivity contribution < 1.29 is 0 Å². The third-order valence-corrected chi connectivity index (χ3v) is 1.69. The van der Waals surface area contributed by atoms with Crippen molar-refractivity contribution >= 4 is 5.82 Å². The first kappa shape index (κ1) is 8.73. The van der Waals surface area contributed by atoms with Gasteiger partial charge in [0.25, 0.3) is 0 Å². The van der Waals surface area contributed by atoms with Gasteiger partial charge in [-0.1, -0.05) is 0 Å². The Morgan fingerprint density at radius 2 is 2.42 bits per heavy atom. The van der Waals surface area contributed by atoms with Crippen molar-refractivity contribution in [2.75, 3.05) is 12.8 Å². The number of anilines is 1. The SMILES string of the molecule is CNC(C)n1ccc(N)nc1=O. The maximum Gasteiger partial charge on any atom is 0.350 e. The molecule has 0 aromatic carbocycles. The molecule has 1 unspecified atom stereocenters. The molecule has 1 atom stereocenters. The molecule has 0 spiro atoms. The van der Waals surface area contributed by atoms with Gasteiger partial charge >= 0.3 is 5.69 Å². The predicted molar refractivity (Wildman–Crippen MR) is 46.7 cm³/mol. The van der Waals surface area contributed by atoms with Gasteiger partial charge in [0, 0.05) is 6.20 Å². The number of aromatic nitrogens is 2. The van der Waals surface area contributed by atoms with E-state index in [1.54, 1.807) is 19.3 Å². The fourth-order valence-electron chi connectivity index (χ4n) is 0.860. The molecule has 0 saturated carbocycles. The molecule has 0 aliphatic carbocycles. The van der Waals surface area contributed by atoms with Crippen LogP contribution in [0.4, 0.5) is 5.82 Å². The molecule has 5 heteroatoms. The summed E-state index contributed by atoms with van der Waals surface area (Å²) in [4.78, 5) is 14.8. The van der Waals surface area contributed by atoms with Crippen molar-refractivity contribution in [2.45, 2.75) is 13.1 Å². The zero-order valence-corrected chi connectivity index (χ0v) is 7.11. The molecule has 5 nitrogen and oxygen atoms in total. The standard InChI is InChI=1S/C7H12N4O/c1-5(9-2)11-4-3-6(8)10-7(11)12/h3-5,9H,1-2H3,(H2,8,10,12). The maximum atomic E-state index is 11.2. The van der Waals surface area contributed by atoms with Gasteiger partial charge in [0.15, 0.2) is 0 Å². The summed E-state index contributed by atoms with van der Waals surface area (Å²) in [5.41, 5.74) is 4.99. The van der Waals surface area contributed by atoms with Crippen molar-refractivity contribution in [3.05, 3.63) is 22.7 Å². The van der Waals surface area contributed by atoms with Crippen LogP contribution < -0.4 is 16.7 Å². The van der Waals surface area contributed by atoms with Crippen LogP contribution in [0.1, 0.15) is 13.1 Å².